The minimum atomic E-state index is -0.173. The molecule has 110 valence electrons. The lowest BCUT2D eigenvalue weighted by atomic mass is 10.2. The van der Waals surface area contributed by atoms with E-state index < -0.39 is 0 Å². The van der Waals surface area contributed by atoms with Crippen molar-refractivity contribution in [3.8, 4) is 0 Å². The van der Waals surface area contributed by atoms with E-state index in [1.165, 1.54) is 9.75 Å². The normalized spacial score (nSPS) is 14.7. The van der Waals surface area contributed by atoms with Gasteiger partial charge in [-0.2, -0.15) is 0 Å². The molecular weight excluding hydrogens is 292 g/mol. The molecule has 2 atom stereocenters. The molecule has 0 bridgehead atoms. The second kappa shape index (κ2) is 6.15. The van der Waals surface area contributed by atoms with Gasteiger partial charge in [-0.15, -0.1) is 16.4 Å². The van der Waals surface area contributed by atoms with Crippen molar-refractivity contribution >= 4 is 23.1 Å². The summed E-state index contributed by atoms with van der Waals surface area (Å²) in [6, 6.07) is 4.25. The van der Waals surface area contributed by atoms with Crippen LogP contribution in [0, 0.1) is 6.92 Å². The first-order valence-electron chi connectivity index (χ1n) is 6.55. The zero-order valence-corrected chi connectivity index (χ0v) is 13.7. The van der Waals surface area contributed by atoms with Crippen molar-refractivity contribution in [2.24, 2.45) is 5.73 Å². The van der Waals surface area contributed by atoms with Gasteiger partial charge in [-0.05, 0) is 39.8 Å². The van der Waals surface area contributed by atoms with Gasteiger partial charge in [0.25, 0.3) is 0 Å². The van der Waals surface area contributed by atoms with Gasteiger partial charge >= 0.3 is 5.69 Å². The SMILES string of the molecule is Cc1ccc(C(Sc2n[nH]c(=O)n2C(C)C)C(C)N)s1. The molecule has 0 radical (unpaired) electrons. The highest BCUT2D eigenvalue weighted by Gasteiger charge is 2.23. The molecule has 2 rings (SSSR count). The summed E-state index contributed by atoms with van der Waals surface area (Å²) in [5, 5.41) is 7.44. The molecule has 2 heterocycles. The van der Waals surface area contributed by atoms with Crippen molar-refractivity contribution in [3.63, 3.8) is 0 Å². The van der Waals surface area contributed by atoms with Crippen LogP contribution in [0.1, 0.15) is 41.8 Å². The van der Waals surface area contributed by atoms with Gasteiger partial charge in [-0.1, -0.05) is 11.8 Å². The number of nitrogens with zero attached hydrogens (tertiary/aromatic N) is 2. The molecule has 0 amide bonds. The number of nitrogens with two attached hydrogens (primary N) is 1. The molecule has 0 saturated carbocycles. The molecule has 0 aliphatic carbocycles. The molecule has 0 saturated heterocycles. The fourth-order valence-corrected chi connectivity index (χ4v) is 4.38. The highest BCUT2D eigenvalue weighted by molar-refractivity contribution is 7.99. The molecule has 0 aromatic carbocycles. The fourth-order valence-electron chi connectivity index (χ4n) is 1.97. The van der Waals surface area contributed by atoms with Crippen LogP contribution in [0.5, 0.6) is 0 Å². The standard InChI is InChI=1S/C13H20N4OS2/c1-7(2)17-12(18)15-16-13(17)20-11(9(4)14)10-6-5-8(3)19-10/h5-7,9,11H,14H2,1-4H3,(H,15,18). The molecule has 20 heavy (non-hydrogen) atoms. The summed E-state index contributed by atoms with van der Waals surface area (Å²) in [5.41, 5.74) is 5.95. The highest BCUT2D eigenvalue weighted by Crippen LogP contribution is 2.39. The average molecular weight is 312 g/mol. The quantitative estimate of drug-likeness (QED) is 0.832. The minimum absolute atomic E-state index is 0.0227. The fraction of sp³-hybridized carbons (Fsp3) is 0.538. The van der Waals surface area contributed by atoms with Gasteiger partial charge in [-0.3, -0.25) is 4.57 Å². The molecule has 2 unspecified atom stereocenters. The number of aromatic amines is 1. The Morgan fingerprint density at radius 3 is 2.60 bits per heavy atom. The lowest BCUT2D eigenvalue weighted by molar-refractivity contribution is 0.532. The predicted octanol–water partition coefficient (Wildman–Crippen LogP) is 2.70. The number of rotatable bonds is 5. The maximum absolute atomic E-state index is 11.8. The van der Waals surface area contributed by atoms with Crippen molar-refractivity contribution in [2.45, 2.75) is 50.2 Å². The summed E-state index contributed by atoms with van der Waals surface area (Å²) >= 11 is 3.28. The van der Waals surface area contributed by atoms with E-state index in [-0.39, 0.29) is 23.0 Å². The van der Waals surface area contributed by atoms with Crippen LogP contribution >= 0.6 is 23.1 Å². The van der Waals surface area contributed by atoms with Crippen LogP contribution in [0.2, 0.25) is 0 Å². The van der Waals surface area contributed by atoms with Crippen LogP contribution in [-0.2, 0) is 0 Å². The van der Waals surface area contributed by atoms with E-state index in [1.54, 1.807) is 27.7 Å². The van der Waals surface area contributed by atoms with E-state index in [4.69, 9.17) is 5.73 Å². The minimum Gasteiger partial charge on any atom is -0.327 e. The molecular formula is C13H20N4OS2. The van der Waals surface area contributed by atoms with Gasteiger partial charge in [0.2, 0.25) is 0 Å². The van der Waals surface area contributed by atoms with Crippen molar-refractivity contribution < 1.29 is 0 Å². The average Bonchev–Trinajstić information content (AvgIpc) is 2.92. The number of aryl methyl sites for hydroxylation is 1. The Balaban J connectivity index is 2.32. The highest BCUT2D eigenvalue weighted by atomic mass is 32.2. The van der Waals surface area contributed by atoms with Gasteiger partial charge in [0, 0.05) is 21.8 Å². The van der Waals surface area contributed by atoms with Gasteiger partial charge in [0.15, 0.2) is 5.16 Å². The third-order valence-corrected chi connectivity index (χ3v) is 5.61. The van der Waals surface area contributed by atoms with Gasteiger partial charge < -0.3 is 5.73 Å². The zero-order valence-electron chi connectivity index (χ0n) is 12.1. The summed E-state index contributed by atoms with van der Waals surface area (Å²) in [4.78, 5) is 14.3. The van der Waals surface area contributed by atoms with E-state index in [0.717, 1.165) is 0 Å². The Kier molecular flexibility index (Phi) is 4.72. The van der Waals surface area contributed by atoms with Crippen molar-refractivity contribution in [3.05, 3.63) is 32.4 Å². The lowest BCUT2D eigenvalue weighted by Crippen LogP contribution is -2.24. The molecule has 0 fully saturated rings. The lowest BCUT2D eigenvalue weighted by Gasteiger charge is -2.19. The van der Waals surface area contributed by atoms with Crippen LogP contribution in [0.25, 0.3) is 0 Å². The summed E-state index contributed by atoms with van der Waals surface area (Å²) < 4.78 is 1.67. The van der Waals surface area contributed by atoms with E-state index in [9.17, 15) is 4.79 Å². The molecule has 0 aliphatic heterocycles. The molecule has 2 aromatic heterocycles. The Hall–Kier alpha value is -1.05. The number of hydrogen-bond donors (Lipinski definition) is 2. The van der Waals surface area contributed by atoms with Crippen molar-refractivity contribution in [1.29, 1.82) is 0 Å². The van der Waals surface area contributed by atoms with E-state index in [1.807, 2.05) is 20.8 Å². The first kappa shape index (κ1) is 15.3. The maximum Gasteiger partial charge on any atom is 0.344 e. The maximum atomic E-state index is 11.8. The van der Waals surface area contributed by atoms with Crippen LogP contribution in [0.3, 0.4) is 0 Å². The van der Waals surface area contributed by atoms with Gasteiger partial charge in [-0.25, -0.2) is 9.89 Å². The van der Waals surface area contributed by atoms with Crippen molar-refractivity contribution in [1.82, 2.24) is 14.8 Å². The van der Waals surface area contributed by atoms with Crippen LogP contribution in [-0.4, -0.2) is 20.8 Å². The summed E-state index contributed by atoms with van der Waals surface area (Å²) in [6.45, 7) is 8.00. The Morgan fingerprint density at radius 1 is 1.40 bits per heavy atom. The first-order chi connectivity index (χ1) is 9.40. The first-order valence-corrected chi connectivity index (χ1v) is 8.25. The number of nitrogens with one attached hydrogen (secondary N) is 1. The third kappa shape index (κ3) is 3.16. The summed E-state index contributed by atoms with van der Waals surface area (Å²) in [7, 11) is 0. The Morgan fingerprint density at radius 2 is 2.10 bits per heavy atom. The number of aromatic nitrogens is 3. The van der Waals surface area contributed by atoms with Crippen molar-refractivity contribution in [2.75, 3.05) is 0 Å². The molecule has 7 heteroatoms. The second-order valence-electron chi connectivity index (χ2n) is 5.12. The molecule has 0 aliphatic rings. The second-order valence-corrected chi connectivity index (χ2v) is 7.55. The largest absolute Gasteiger partial charge is 0.344 e. The predicted molar refractivity (Wildman–Crippen MR) is 84.5 cm³/mol. The monoisotopic (exact) mass is 312 g/mol. The molecule has 0 spiro atoms. The van der Waals surface area contributed by atoms with Crippen LogP contribution in [0.4, 0.5) is 0 Å². The van der Waals surface area contributed by atoms with Gasteiger partial charge in [0.05, 0.1) is 5.25 Å². The topological polar surface area (TPSA) is 76.7 Å². The van der Waals surface area contributed by atoms with Crippen LogP contribution < -0.4 is 11.4 Å². The number of H-pyrrole nitrogens is 1. The number of thioether (sulfide) groups is 1. The Labute approximate surface area is 126 Å². The molecule has 2 aromatic rings. The van der Waals surface area contributed by atoms with Crippen LogP contribution in [0.15, 0.2) is 22.1 Å². The molecule has 5 nitrogen and oxygen atoms in total. The Bertz CT molecular complexity index is 626. The van der Waals surface area contributed by atoms with E-state index >= 15 is 0 Å². The molecule has 3 N–H and O–H groups in total. The number of thiophene rings is 1. The smallest absolute Gasteiger partial charge is 0.327 e. The summed E-state index contributed by atoms with van der Waals surface area (Å²) in [6.07, 6.45) is 0. The zero-order chi connectivity index (χ0) is 14.9. The van der Waals surface area contributed by atoms with E-state index in [2.05, 4.69) is 29.3 Å². The van der Waals surface area contributed by atoms with Gasteiger partial charge in [0.1, 0.15) is 0 Å². The number of hydrogen-bond acceptors (Lipinski definition) is 5. The third-order valence-electron chi connectivity index (χ3n) is 2.94. The summed E-state index contributed by atoms with van der Waals surface area (Å²) in [5.74, 6) is 0. The van der Waals surface area contributed by atoms with E-state index in [0.29, 0.717) is 5.16 Å².